The Morgan fingerprint density at radius 2 is 2.50 bits per heavy atom. The quantitative estimate of drug-likeness (QED) is 0.432. The average molecular weight is 137 g/mol. The molecule has 0 aromatic carbocycles. The maximum Gasteiger partial charge on any atom is 0.339 e. The van der Waals surface area contributed by atoms with Crippen molar-refractivity contribution in [1.29, 1.82) is 0 Å². The minimum Gasteiger partial charge on any atom is -0.479 e. The molecule has 0 aromatic heterocycles. The Morgan fingerprint density at radius 3 is 2.50 bits per heavy atom. The maximum atomic E-state index is 10.1. The Bertz CT molecular complexity index is 118. The van der Waals surface area contributed by atoms with Gasteiger partial charge in [-0.25, -0.2) is 4.79 Å². The van der Waals surface area contributed by atoms with Crippen LogP contribution in [0.25, 0.3) is 0 Å². The fourth-order valence-electron chi connectivity index (χ4n) is 0.345. The van der Waals surface area contributed by atoms with Crippen LogP contribution < -0.4 is 0 Å². The van der Waals surface area contributed by atoms with Crippen LogP contribution in [0.4, 0.5) is 0 Å². The molecule has 1 saturated heterocycles. The zero-order chi connectivity index (χ0) is 6.20. The summed E-state index contributed by atoms with van der Waals surface area (Å²) in [5, 5.41) is 8.29. The molecular formula is C4H5ClO3. The summed E-state index contributed by atoms with van der Waals surface area (Å²) >= 11 is 5.24. The van der Waals surface area contributed by atoms with E-state index in [2.05, 4.69) is 4.74 Å². The van der Waals surface area contributed by atoms with Crippen LogP contribution in [0.1, 0.15) is 0 Å². The zero-order valence-corrected chi connectivity index (χ0v) is 4.81. The predicted octanol–water partition coefficient (Wildman–Crippen LogP) is 0.0788. The minimum absolute atomic E-state index is 0.0440. The van der Waals surface area contributed by atoms with Gasteiger partial charge in [-0.1, -0.05) is 0 Å². The number of carboxylic acid groups (broad SMARTS) is 1. The van der Waals surface area contributed by atoms with Crippen molar-refractivity contribution in [2.24, 2.45) is 0 Å². The second-order valence-corrected chi connectivity index (χ2v) is 1.99. The van der Waals surface area contributed by atoms with E-state index in [1.807, 2.05) is 0 Å². The number of aliphatic carboxylic acids is 1. The van der Waals surface area contributed by atoms with Gasteiger partial charge in [0.1, 0.15) is 0 Å². The van der Waals surface area contributed by atoms with Gasteiger partial charge in [-0.05, 0) is 0 Å². The van der Waals surface area contributed by atoms with Crippen molar-refractivity contribution in [3.8, 4) is 0 Å². The molecule has 1 rings (SSSR count). The molecule has 0 aromatic rings. The number of carbonyl (C=O) groups is 1. The topological polar surface area (TPSA) is 49.8 Å². The summed E-state index contributed by atoms with van der Waals surface area (Å²) < 4.78 is 4.58. The van der Waals surface area contributed by atoms with Gasteiger partial charge in [0.05, 0.1) is 12.5 Å². The molecule has 4 heteroatoms. The summed E-state index contributed by atoms with van der Waals surface area (Å²) in [5.41, 5.74) is -1.03. The van der Waals surface area contributed by atoms with E-state index < -0.39 is 11.6 Å². The van der Waals surface area contributed by atoms with Gasteiger partial charge >= 0.3 is 5.97 Å². The van der Waals surface area contributed by atoms with Gasteiger partial charge in [-0.2, -0.15) is 0 Å². The second kappa shape index (κ2) is 1.60. The summed E-state index contributed by atoms with van der Waals surface area (Å²) in [6, 6.07) is 0. The van der Waals surface area contributed by atoms with E-state index in [-0.39, 0.29) is 12.5 Å². The fraction of sp³-hybridized carbons (Fsp3) is 0.750. The van der Waals surface area contributed by atoms with Crippen molar-refractivity contribution in [1.82, 2.24) is 0 Å². The molecule has 0 saturated carbocycles. The van der Waals surface area contributed by atoms with Crippen LogP contribution >= 0.6 is 11.6 Å². The van der Waals surface area contributed by atoms with Crippen LogP contribution in [0.5, 0.6) is 0 Å². The highest BCUT2D eigenvalue weighted by atomic mass is 35.5. The number of ether oxygens (including phenoxy) is 1. The summed E-state index contributed by atoms with van der Waals surface area (Å²) in [5.74, 6) is -0.921. The molecule has 0 amide bonds. The second-order valence-electron chi connectivity index (χ2n) is 1.72. The molecule has 1 aliphatic heterocycles. The molecule has 46 valence electrons. The van der Waals surface area contributed by atoms with E-state index in [4.69, 9.17) is 16.7 Å². The molecule has 3 nitrogen and oxygen atoms in total. The van der Waals surface area contributed by atoms with E-state index in [1.165, 1.54) is 0 Å². The number of epoxide rings is 1. The molecule has 1 aliphatic rings. The first-order chi connectivity index (χ1) is 3.71. The molecule has 0 unspecified atom stereocenters. The van der Waals surface area contributed by atoms with Gasteiger partial charge in [0, 0.05) is 0 Å². The Morgan fingerprint density at radius 1 is 2.00 bits per heavy atom. The monoisotopic (exact) mass is 136 g/mol. The van der Waals surface area contributed by atoms with Crippen molar-refractivity contribution in [2.45, 2.75) is 5.60 Å². The summed E-state index contributed by atoms with van der Waals surface area (Å²) in [6.45, 7) is 0.256. The van der Waals surface area contributed by atoms with Gasteiger partial charge in [0.25, 0.3) is 0 Å². The third-order valence-electron chi connectivity index (χ3n) is 1.10. The molecule has 1 heterocycles. The lowest BCUT2D eigenvalue weighted by atomic mass is 10.2. The zero-order valence-electron chi connectivity index (χ0n) is 4.06. The lowest BCUT2D eigenvalue weighted by molar-refractivity contribution is -0.142. The van der Waals surface area contributed by atoms with Gasteiger partial charge in [0.15, 0.2) is 0 Å². The van der Waals surface area contributed by atoms with Crippen molar-refractivity contribution >= 4 is 17.6 Å². The molecule has 8 heavy (non-hydrogen) atoms. The van der Waals surface area contributed by atoms with Crippen molar-refractivity contribution in [2.75, 3.05) is 12.5 Å². The number of alkyl halides is 1. The standard InChI is InChI=1S/C4H5ClO3/c5-1-4(2-8-4)3(6)7/h1-2H2,(H,6,7)/t4-/m1/s1. The van der Waals surface area contributed by atoms with Gasteiger partial charge in [-0.3, -0.25) is 0 Å². The SMILES string of the molecule is O=C(O)[C@@]1(CCl)CO1. The summed E-state index contributed by atoms with van der Waals surface area (Å²) in [6.07, 6.45) is 0. The van der Waals surface area contributed by atoms with Crippen LogP contribution in [-0.2, 0) is 9.53 Å². The van der Waals surface area contributed by atoms with E-state index >= 15 is 0 Å². The average Bonchev–Trinajstić information content (AvgIpc) is 2.44. The predicted molar refractivity (Wildman–Crippen MR) is 27.0 cm³/mol. The fourth-order valence-corrected chi connectivity index (χ4v) is 0.614. The Hall–Kier alpha value is -0.280. The molecule has 1 atom stereocenters. The first-order valence-electron chi connectivity index (χ1n) is 2.14. The first-order valence-corrected chi connectivity index (χ1v) is 2.68. The molecule has 0 spiro atoms. The van der Waals surface area contributed by atoms with Crippen molar-refractivity contribution in [3.63, 3.8) is 0 Å². The normalized spacial score (nSPS) is 34.6. The highest BCUT2D eigenvalue weighted by Gasteiger charge is 2.52. The van der Waals surface area contributed by atoms with Crippen molar-refractivity contribution < 1.29 is 14.6 Å². The van der Waals surface area contributed by atoms with Crippen LogP contribution in [0, 0.1) is 0 Å². The number of hydrogen-bond donors (Lipinski definition) is 1. The van der Waals surface area contributed by atoms with E-state index in [1.54, 1.807) is 0 Å². The van der Waals surface area contributed by atoms with E-state index in [9.17, 15) is 4.79 Å². The van der Waals surface area contributed by atoms with Crippen LogP contribution in [-0.4, -0.2) is 29.2 Å². The first kappa shape index (κ1) is 5.85. The summed E-state index contributed by atoms with van der Waals surface area (Å²) in [4.78, 5) is 10.1. The van der Waals surface area contributed by atoms with Gasteiger partial charge in [-0.15, -0.1) is 11.6 Å². The highest BCUT2D eigenvalue weighted by Crippen LogP contribution is 2.27. The number of halogens is 1. The van der Waals surface area contributed by atoms with E-state index in [0.717, 1.165) is 0 Å². The minimum atomic E-state index is -1.03. The molecule has 1 N–H and O–H groups in total. The Balaban J connectivity index is 2.53. The molecular weight excluding hydrogens is 131 g/mol. The Labute approximate surface area is 51.2 Å². The summed E-state index contributed by atoms with van der Waals surface area (Å²) in [7, 11) is 0. The molecule has 0 radical (unpaired) electrons. The third kappa shape index (κ3) is 0.677. The maximum absolute atomic E-state index is 10.1. The van der Waals surface area contributed by atoms with Crippen molar-refractivity contribution in [3.05, 3.63) is 0 Å². The third-order valence-corrected chi connectivity index (χ3v) is 1.53. The number of hydrogen-bond acceptors (Lipinski definition) is 2. The van der Waals surface area contributed by atoms with Crippen LogP contribution in [0.2, 0.25) is 0 Å². The largest absolute Gasteiger partial charge is 0.479 e. The van der Waals surface area contributed by atoms with Crippen LogP contribution in [0.3, 0.4) is 0 Å². The lowest BCUT2D eigenvalue weighted by Gasteiger charge is -1.95. The van der Waals surface area contributed by atoms with Gasteiger partial charge in [0.2, 0.25) is 5.60 Å². The number of carboxylic acids is 1. The lowest BCUT2D eigenvalue weighted by Crippen LogP contribution is -2.25. The van der Waals surface area contributed by atoms with Crippen LogP contribution in [0.15, 0.2) is 0 Å². The number of rotatable bonds is 2. The molecule has 0 aliphatic carbocycles. The Kier molecular flexibility index (Phi) is 1.17. The highest BCUT2D eigenvalue weighted by molar-refractivity contribution is 6.20. The smallest absolute Gasteiger partial charge is 0.339 e. The van der Waals surface area contributed by atoms with E-state index in [0.29, 0.717) is 0 Å². The molecule has 0 bridgehead atoms. The van der Waals surface area contributed by atoms with Gasteiger partial charge < -0.3 is 9.84 Å². The molecule has 1 fully saturated rings.